The molecule has 0 spiro atoms. The third kappa shape index (κ3) is 3.16. The Hall–Kier alpha value is -1.23. The van der Waals surface area contributed by atoms with Gasteiger partial charge in [0.25, 0.3) is 5.91 Å². The molecule has 2 N–H and O–H groups in total. The van der Waals surface area contributed by atoms with Crippen molar-refractivity contribution in [2.45, 2.75) is 19.9 Å². The molecule has 0 saturated carbocycles. The average Bonchev–Trinajstić information content (AvgIpc) is 2.32. The summed E-state index contributed by atoms with van der Waals surface area (Å²) < 4.78 is 13.9. The van der Waals surface area contributed by atoms with E-state index in [2.05, 4.69) is 0 Å². The zero-order valence-electron chi connectivity index (χ0n) is 11.2. The van der Waals surface area contributed by atoms with Crippen molar-refractivity contribution in [3.8, 4) is 0 Å². The first kappa shape index (κ1) is 14.8. The zero-order chi connectivity index (χ0) is 13.9. The van der Waals surface area contributed by atoms with Crippen LogP contribution in [0.25, 0.3) is 0 Å². The van der Waals surface area contributed by atoms with E-state index in [1.54, 1.807) is 30.6 Å². The molecule has 100 valence electrons. The van der Waals surface area contributed by atoms with Crippen LogP contribution in [0.15, 0.2) is 12.1 Å². The Morgan fingerprint density at radius 2 is 2.17 bits per heavy atom. The fourth-order valence-electron chi connectivity index (χ4n) is 1.70. The number of nitrogens with two attached hydrogens (primary N) is 1. The van der Waals surface area contributed by atoms with Gasteiger partial charge in [-0.3, -0.25) is 4.79 Å². The van der Waals surface area contributed by atoms with Gasteiger partial charge >= 0.3 is 0 Å². The molecule has 0 radical (unpaired) electrons. The van der Waals surface area contributed by atoms with Crippen molar-refractivity contribution in [3.05, 3.63) is 29.1 Å². The summed E-state index contributed by atoms with van der Waals surface area (Å²) in [5.41, 5.74) is 6.50. The van der Waals surface area contributed by atoms with Crippen LogP contribution in [0.1, 0.15) is 22.8 Å². The lowest BCUT2D eigenvalue weighted by Crippen LogP contribution is -2.37. The van der Waals surface area contributed by atoms with Crippen molar-refractivity contribution in [3.63, 3.8) is 0 Å². The van der Waals surface area contributed by atoms with Gasteiger partial charge in [0, 0.05) is 24.5 Å². The summed E-state index contributed by atoms with van der Waals surface area (Å²) in [6, 6.07) is 2.97. The molecule has 1 aromatic carbocycles. The number of nitrogens with zero attached hydrogens (tertiary/aromatic N) is 1. The van der Waals surface area contributed by atoms with E-state index >= 15 is 0 Å². The number of thioether (sulfide) groups is 1. The number of anilines is 1. The molecule has 1 unspecified atom stereocenters. The summed E-state index contributed by atoms with van der Waals surface area (Å²) in [4.78, 5) is 13.8. The van der Waals surface area contributed by atoms with Gasteiger partial charge in [0.1, 0.15) is 5.82 Å². The maximum atomic E-state index is 13.9. The molecule has 1 amide bonds. The lowest BCUT2D eigenvalue weighted by Gasteiger charge is -2.25. The Kier molecular flexibility index (Phi) is 5.02. The zero-order valence-corrected chi connectivity index (χ0v) is 12.0. The number of hydrogen-bond donors (Lipinski definition) is 1. The van der Waals surface area contributed by atoms with Crippen LogP contribution in [-0.4, -0.2) is 35.9 Å². The Bertz CT molecular complexity index is 451. The number of amides is 1. The molecular weight excluding hydrogens is 251 g/mol. The van der Waals surface area contributed by atoms with Gasteiger partial charge in [-0.25, -0.2) is 4.39 Å². The summed E-state index contributed by atoms with van der Waals surface area (Å²) in [6.07, 6.45) is 1.97. The number of benzene rings is 1. The van der Waals surface area contributed by atoms with Crippen LogP contribution in [0.4, 0.5) is 10.1 Å². The molecule has 0 aliphatic rings. The number of carbonyl (C=O) groups excluding carboxylic acids is 1. The van der Waals surface area contributed by atoms with Gasteiger partial charge in [-0.15, -0.1) is 0 Å². The van der Waals surface area contributed by atoms with Crippen molar-refractivity contribution in [2.24, 2.45) is 0 Å². The van der Waals surface area contributed by atoms with E-state index in [0.717, 1.165) is 5.75 Å². The first-order valence-corrected chi connectivity index (χ1v) is 7.09. The van der Waals surface area contributed by atoms with E-state index in [1.165, 1.54) is 12.1 Å². The van der Waals surface area contributed by atoms with Crippen molar-refractivity contribution in [1.82, 2.24) is 4.90 Å². The summed E-state index contributed by atoms with van der Waals surface area (Å²) in [5.74, 6) is -0.00706. The van der Waals surface area contributed by atoms with E-state index in [-0.39, 0.29) is 17.5 Å². The maximum absolute atomic E-state index is 13.9. The second kappa shape index (κ2) is 6.09. The standard InChI is InChI=1S/C13H19FN2OS/c1-8-5-10(15)6-11(12(8)14)13(17)16(3)9(2)7-18-4/h5-6,9H,7,15H2,1-4H3. The molecule has 1 rings (SSSR count). The molecule has 0 heterocycles. The van der Waals surface area contributed by atoms with Crippen molar-refractivity contribution in [2.75, 3.05) is 24.8 Å². The summed E-state index contributed by atoms with van der Waals surface area (Å²) >= 11 is 1.65. The number of rotatable bonds is 4. The number of aryl methyl sites for hydroxylation is 1. The number of hydrogen-bond acceptors (Lipinski definition) is 3. The molecule has 0 bridgehead atoms. The maximum Gasteiger partial charge on any atom is 0.256 e. The SMILES string of the molecule is CSCC(C)N(C)C(=O)c1cc(N)cc(C)c1F. The molecular formula is C13H19FN2OS. The second-order valence-electron chi connectivity index (χ2n) is 4.42. The molecule has 1 atom stereocenters. The molecule has 3 nitrogen and oxygen atoms in total. The van der Waals surface area contributed by atoms with Crippen molar-refractivity contribution in [1.29, 1.82) is 0 Å². The Labute approximate surface area is 112 Å². The summed E-state index contributed by atoms with van der Waals surface area (Å²) in [6.45, 7) is 3.54. The van der Waals surface area contributed by atoms with Crippen LogP contribution < -0.4 is 5.73 Å². The molecule has 5 heteroatoms. The minimum atomic E-state index is -0.489. The molecule has 0 aliphatic carbocycles. The minimum absolute atomic E-state index is 0.0444. The van der Waals surface area contributed by atoms with Crippen LogP contribution in [-0.2, 0) is 0 Å². The van der Waals surface area contributed by atoms with Gasteiger partial charge < -0.3 is 10.6 Å². The van der Waals surface area contributed by atoms with Crippen LogP contribution in [0.5, 0.6) is 0 Å². The molecule has 1 aromatic rings. The van der Waals surface area contributed by atoms with Gasteiger partial charge in [0.05, 0.1) is 5.56 Å². The van der Waals surface area contributed by atoms with Crippen LogP contribution in [0, 0.1) is 12.7 Å². The molecule has 0 aliphatic heterocycles. The first-order valence-electron chi connectivity index (χ1n) is 5.70. The highest BCUT2D eigenvalue weighted by atomic mass is 32.2. The van der Waals surface area contributed by atoms with Crippen molar-refractivity contribution >= 4 is 23.4 Å². The largest absolute Gasteiger partial charge is 0.399 e. The fourth-order valence-corrected chi connectivity index (χ4v) is 2.40. The van der Waals surface area contributed by atoms with E-state index < -0.39 is 5.82 Å². The second-order valence-corrected chi connectivity index (χ2v) is 5.33. The minimum Gasteiger partial charge on any atom is -0.399 e. The molecule has 0 aromatic heterocycles. The third-order valence-corrected chi connectivity index (χ3v) is 3.71. The monoisotopic (exact) mass is 270 g/mol. The fraction of sp³-hybridized carbons (Fsp3) is 0.462. The van der Waals surface area contributed by atoms with E-state index in [9.17, 15) is 9.18 Å². The Morgan fingerprint density at radius 1 is 1.56 bits per heavy atom. The van der Waals surface area contributed by atoms with Gasteiger partial charge in [-0.05, 0) is 37.8 Å². The molecule has 0 fully saturated rings. The van der Waals surface area contributed by atoms with Gasteiger partial charge in [-0.1, -0.05) is 0 Å². The molecule has 0 saturated heterocycles. The number of halogens is 1. The predicted octanol–water partition coefficient (Wildman–Crippen LogP) is 2.54. The van der Waals surface area contributed by atoms with E-state index in [4.69, 9.17) is 5.73 Å². The third-order valence-electron chi connectivity index (χ3n) is 2.90. The lowest BCUT2D eigenvalue weighted by atomic mass is 10.1. The van der Waals surface area contributed by atoms with Crippen LogP contribution in [0.2, 0.25) is 0 Å². The van der Waals surface area contributed by atoms with E-state index in [1.807, 2.05) is 13.2 Å². The highest BCUT2D eigenvalue weighted by Crippen LogP contribution is 2.19. The molecule has 18 heavy (non-hydrogen) atoms. The van der Waals surface area contributed by atoms with Crippen molar-refractivity contribution < 1.29 is 9.18 Å². The topological polar surface area (TPSA) is 46.3 Å². The normalized spacial score (nSPS) is 12.3. The van der Waals surface area contributed by atoms with Gasteiger partial charge in [0.2, 0.25) is 0 Å². The number of nitrogen functional groups attached to an aromatic ring is 1. The highest BCUT2D eigenvalue weighted by Gasteiger charge is 2.21. The van der Waals surface area contributed by atoms with Crippen LogP contribution in [0.3, 0.4) is 0 Å². The Balaban J connectivity index is 3.04. The Morgan fingerprint density at radius 3 is 2.72 bits per heavy atom. The summed E-state index contributed by atoms with van der Waals surface area (Å²) in [7, 11) is 1.68. The number of carbonyl (C=O) groups is 1. The predicted molar refractivity (Wildman–Crippen MR) is 75.5 cm³/mol. The van der Waals surface area contributed by atoms with Crippen LogP contribution >= 0.6 is 11.8 Å². The lowest BCUT2D eigenvalue weighted by molar-refractivity contribution is 0.0752. The van der Waals surface area contributed by atoms with Gasteiger partial charge in [0.15, 0.2) is 0 Å². The quantitative estimate of drug-likeness (QED) is 0.855. The average molecular weight is 270 g/mol. The summed E-state index contributed by atoms with van der Waals surface area (Å²) in [5, 5.41) is 0. The first-order chi connectivity index (χ1) is 8.38. The smallest absolute Gasteiger partial charge is 0.256 e. The highest BCUT2D eigenvalue weighted by molar-refractivity contribution is 7.98. The van der Waals surface area contributed by atoms with Gasteiger partial charge in [-0.2, -0.15) is 11.8 Å². The van der Waals surface area contributed by atoms with E-state index in [0.29, 0.717) is 11.3 Å².